The highest BCUT2D eigenvalue weighted by Crippen LogP contribution is 2.26. The molecule has 3 aromatic rings. The Morgan fingerprint density at radius 2 is 2.10 bits per heavy atom. The Morgan fingerprint density at radius 1 is 1.38 bits per heavy atom. The van der Waals surface area contributed by atoms with Gasteiger partial charge in [-0.15, -0.1) is 11.3 Å². The minimum atomic E-state index is -3.73. The van der Waals surface area contributed by atoms with Crippen LogP contribution in [0.3, 0.4) is 0 Å². The molecule has 0 saturated heterocycles. The monoisotopic (exact) mass is 323 g/mol. The van der Waals surface area contributed by atoms with Crippen molar-refractivity contribution >= 4 is 32.1 Å². The number of hydrogen-bond acceptors (Lipinski definition) is 6. The lowest BCUT2D eigenvalue weighted by Gasteiger charge is -2.16. The SMILES string of the molecule is CN(Cc1ccncc1)S(=O)(=O)c1c(N)nc2sccn12. The van der Waals surface area contributed by atoms with Gasteiger partial charge in [-0.3, -0.25) is 9.38 Å². The molecule has 0 aromatic carbocycles. The third-order valence-electron chi connectivity index (χ3n) is 3.05. The molecular weight excluding hydrogens is 310 g/mol. The van der Waals surface area contributed by atoms with Crippen LogP contribution < -0.4 is 5.73 Å². The number of nitrogen functional groups attached to an aromatic ring is 1. The summed E-state index contributed by atoms with van der Waals surface area (Å²) in [5.41, 5.74) is 6.62. The molecule has 0 atom stereocenters. The molecule has 3 rings (SSSR count). The topological polar surface area (TPSA) is 93.6 Å². The van der Waals surface area contributed by atoms with Crippen LogP contribution in [0.5, 0.6) is 0 Å². The van der Waals surface area contributed by atoms with Crippen molar-refractivity contribution in [1.82, 2.24) is 18.7 Å². The highest BCUT2D eigenvalue weighted by Gasteiger charge is 2.28. The van der Waals surface area contributed by atoms with Gasteiger partial charge in [-0.1, -0.05) is 0 Å². The molecule has 0 aliphatic heterocycles. The van der Waals surface area contributed by atoms with Crippen LogP contribution in [0, 0.1) is 0 Å². The lowest BCUT2D eigenvalue weighted by atomic mass is 10.3. The molecule has 0 saturated carbocycles. The number of nitrogens with two attached hydrogens (primary N) is 1. The van der Waals surface area contributed by atoms with Gasteiger partial charge in [0.1, 0.15) is 0 Å². The van der Waals surface area contributed by atoms with E-state index < -0.39 is 10.0 Å². The van der Waals surface area contributed by atoms with Gasteiger partial charge in [0, 0.05) is 37.6 Å². The van der Waals surface area contributed by atoms with Gasteiger partial charge in [0.15, 0.2) is 15.8 Å². The molecule has 3 heterocycles. The molecule has 7 nitrogen and oxygen atoms in total. The first kappa shape index (κ1) is 14.0. The first-order valence-corrected chi connectivity index (χ1v) is 8.38. The van der Waals surface area contributed by atoms with E-state index in [0.29, 0.717) is 4.96 Å². The molecule has 0 bridgehead atoms. The van der Waals surface area contributed by atoms with Crippen LogP contribution >= 0.6 is 11.3 Å². The van der Waals surface area contributed by atoms with Gasteiger partial charge in [0.2, 0.25) is 0 Å². The van der Waals surface area contributed by atoms with E-state index >= 15 is 0 Å². The maximum absolute atomic E-state index is 12.7. The zero-order chi connectivity index (χ0) is 15.0. The van der Waals surface area contributed by atoms with Crippen LogP contribution in [-0.2, 0) is 16.6 Å². The molecule has 21 heavy (non-hydrogen) atoms. The molecule has 0 aliphatic carbocycles. The van der Waals surface area contributed by atoms with Crippen molar-refractivity contribution in [3.05, 3.63) is 41.7 Å². The van der Waals surface area contributed by atoms with Gasteiger partial charge in [-0.25, -0.2) is 13.4 Å². The molecule has 0 unspecified atom stereocenters. The van der Waals surface area contributed by atoms with Gasteiger partial charge in [-0.05, 0) is 17.7 Å². The van der Waals surface area contributed by atoms with E-state index in [-0.39, 0.29) is 17.4 Å². The Labute approximate surface area is 125 Å². The minimum Gasteiger partial charge on any atom is -0.381 e. The fourth-order valence-electron chi connectivity index (χ4n) is 2.02. The number of nitrogens with zero attached hydrogens (tertiary/aromatic N) is 4. The molecule has 0 aliphatic rings. The summed E-state index contributed by atoms with van der Waals surface area (Å²) in [7, 11) is -2.21. The number of hydrogen-bond donors (Lipinski definition) is 1. The molecule has 0 spiro atoms. The smallest absolute Gasteiger partial charge is 0.262 e. The molecule has 0 fully saturated rings. The van der Waals surface area contributed by atoms with Crippen LogP contribution in [0.25, 0.3) is 4.96 Å². The first-order chi connectivity index (χ1) is 10.00. The normalized spacial score (nSPS) is 12.3. The van der Waals surface area contributed by atoms with Crippen LogP contribution in [-0.4, -0.2) is 34.1 Å². The van der Waals surface area contributed by atoms with Gasteiger partial charge >= 0.3 is 0 Å². The largest absolute Gasteiger partial charge is 0.381 e. The fourth-order valence-corrected chi connectivity index (χ4v) is 4.11. The molecule has 0 radical (unpaired) electrons. The van der Waals surface area contributed by atoms with Crippen LogP contribution in [0.2, 0.25) is 0 Å². The summed E-state index contributed by atoms with van der Waals surface area (Å²) >= 11 is 1.33. The zero-order valence-corrected chi connectivity index (χ0v) is 12.8. The number of imidazole rings is 1. The Morgan fingerprint density at radius 3 is 2.81 bits per heavy atom. The molecule has 110 valence electrons. The summed E-state index contributed by atoms with van der Waals surface area (Å²) in [6, 6.07) is 3.54. The zero-order valence-electron chi connectivity index (χ0n) is 11.2. The Balaban J connectivity index is 2.00. The number of anilines is 1. The number of aromatic nitrogens is 3. The van der Waals surface area contributed by atoms with Crippen LogP contribution in [0.4, 0.5) is 5.82 Å². The van der Waals surface area contributed by atoms with Crippen LogP contribution in [0.15, 0.2) is 41.1 Å². The number of sulfonamides is 1. The third kappa shape index (κ3) is 2.39. The van der Waals surface area contributed by atoms with Crippen molar-refractivity contribution in [2.24, 2.45) is 0 Å². The summed E-state index contributed by atoms with van der Waals surface area (Å²) in [5, 5.41) is 1.78. The molecule has 2 N–H and O–H groups in total. The van der Waals surface area contributed by atoms with Crippen molar-refractivity contribution in [3.8, 4) is 0 Å². The van der Waals surface area contributed by atoms with Crippen molar-refractivity contribution in [3.63, 3.8) is 0 Å². The van der Waals surface area contributed by atoms with E-state index in [0.717, 1.165) is 5.56 Å². The Kier molecular flexibility index (Phi) is 3.40. The molecule has 3 aromatic heterocycles. The number of fused-ring (bicyclic) bond motifs is 1. The minimum absolute atomic E-state index is 0.00954. The van der Waals surface area contributed by atoms with Crippen molar-refractivity contribution in [2.75, 3.05) is 12.8 Å². The lowest BCUT2D eigenvalue weighted by Crippen LogP contribution is -2.28. The highest BCUT2D eigenvalue weighted by atomic mass is 32.2. The quantitative estimate of drug-likeness (QED) is 0.778. The maximum Gasteiger partial charge on any atom is 0.262 e. The van der Waals surface area contributed by atoms with E-state index in [2.05, 4.69) is 9.97 Å². The number of thiazole rings is 1. The van der Waals surface area contributed by atoms with Crippen molar-refractivity contribution in [2.45, 2.75) is 11.6 Å². The van der Waals surface area contributed by atoms with Gasteiger partial charge in [0.05, 0.1) is 0 Å². The molecule has 9 heteroatoms. The summed E-state index contributed by atoms with van der Waals surface area (Å²) in [6.45, 7) is 0.238. The van der Waals surface area contributed by atoms with Crippen molar-refractivity contribution < 1.29 is 8.42 Å². The van der Waals surface area contributed by atoms with E-state index in [4.69, 9.17) is 5.73 Å². The van der Waals surface area contributed by atoms with E-state index in [1.165, 1.54) is 27.1 Å². The average Bonchev–Trinajstić information content (AvgIpc) is 2.99. The fraction of sp³-hybridized carbons (Fsp3) is 0.167. The van der Waals surface area contributed by atoms with Crippen LogP contribution in [0.1, 0.15) is 5.56 Å². The summed E-state index contributed by atoms with van der Waals surface area (Å²) in [6.07, 6.45) is 4.90. The van der Waals surface area contributed by atoms with Crippen molar-refractivity contribution in [1.29, 1.82) is 0 Å². The predicted octanol–water partition coefficient (Wildman–Crippen LogP) is 1.19. The van der Waals surface area contributed by atoms with Gasteiger partial charge in [0.25, 0.3) is 10.0 Å². The maximum atomic E-state index is 12.7. The predicted molar refractivity (Wildman–Crippen MR) is 80.4 cm³/mol. The average molecular weight is 323 g/mol. The second-order valence-corrected chi connectivity index (χ2v) is 7.31. The highest BCUT2D eigenvalue weighted by molar-refractivity contribution is 7.89. The standard InChI is InChI=1S/C12H13N5O2S2/c1-16(8-9-2-4-14-5-3-9)21(18,19)11-10(13)15-12-17(11)6-7-20-12/h2-7H,8,13H2,1H3. The third-order valence-corrected chi connectivity index (χ3v) is 5.65. The molecular formula is C12H13N5O2S2. The second-order valence-electron chi connectivity index (χ2n) is 4.47. The van der Waals surface area contributed by atoms with Gasteiger partial charge in [-0.2, -0.15) is 4.31 Å². The lowest BCUT2D eigenvalue weighted by molar-refractivity contribution is 0.463. The van der Waals surface area contributed by atoms with E-state index in [1.54, 1.807) is 36.1 Å². The molecule has 0 amide bonds. The Bertz CT molecular complexity index is 870. The number of rotatable bonds is 4. The van der Waals surface area contributed by atoms with Gasteiger partial charge < -0.3 is 5.73 Å². The summed E-state index contributed by atoms with van der Waals surface area (Å²) in [5.74, 6) is 0.0171. The summed E-state index contributed by atoms with van der Waals surface area (Å²) < 4.78 is 28.2. The first-order valence-electron chi connectivity index (χ1n) is 6.06. The van der Waals surface area contributed by atoms with E-state index in [9.17, 15) is 8.42 Å². The van der Waals surface area contributed by atoms with E-state index in [1.807, 2.05) is 0 Å². The number of pyridine rings is 1. The second kappa shape index (κ2) is 5.10. The Hall–Kier alpha value is -1.97. The summed E-state index contributed by atoms with van der Waals surface area (Å²) in [4.78, 5) is 8.54.